The zero-order valence-electron chi connectivity index (χ0n) is 10.4. The van der Waals surface area contributed by atoms with E-state index in [4.69, 9.17) is 5.11 Å². The van der Waals surface area contributed by atoms with E-state index in [-0.39, 0.29) is 6.04 Å². The van der Waals surface area contributed by atoms with E-state index in [2.05, 4.69) is 36.9 Å². The van der Waals surface area contributed by atoms with Gasteiger partial charge in [-0.05, 0) is 44.4 Å². The molecule has 2 rings (SSSR count). The number of benzene rings is 1. The minimum Gasteiger partial charge on any atom is -0.480 e. The van der Waals surface area contributed by atoms with Crippen LogP contribution in [0.2, 0.25) is 0 Å². The van der Waals surface area contributed by atoms with Gasteiger partial charge in [0.1, 0.15) is 6.04 Å². The Morgan fingerprint density at radius 3 is 2.88 bits per heavy atom. The van der Waals surface area contributed by atoms with Gasteiger partial charge in [-0.15, -0.1) is 0 Å². The van der Waals surface area contributed by atoms with Crippen LogP contribution in [-0.2, 0) is 11.3 Å². The molecule has 17 heavy (non-hydrogen) atoms. The average Bonchev–Trinajstić information content (AvgIpc) is 2.70. The quantitative estimate of drug-likeness (QED) is 0.871. The number of hydrogen-bond donors (Lipinski definition) is 1. The number of rotatable bonds is 3. The van der Waals surface area contributed by atoms with Crippen LogP contribution in [-0.4, -0.2) is 28.6 Å². The molecule has 1 unspecified atom stereocenters. The Kier molecular flexibility index (Phi) is 3.48. The summed E-state index contributed by atoms with van der Waals surface area (Å²) in [5, 5.41) is 9.13. The van der Waals surface area contributed by atoms with E-state index in [1.54, 1.807) is 0 Å². The van der Waals surface area contributed by atoms with E-state index in [0.29, 0.717) is 0 Å². The van der Waals surface area contributed by atoms with Gasteiger partial charge in [0.15, 0.2) is 0 Å². The third-order valence-electron chi connectivity index (χ3n) is 3.52. The van der Waals surface area contributed by atoms with E-state index in [1.165, 1.54) is 16.7 Å². The molecule has 0 aliphatic carbocycles. The highest BCUT2D eigenvalue weighted by atomic mass is 16.4. The van der Waals surface area contributed by atoms with Crippen LogP contribution < -0.4 is 0 Å². The van der Waals surface area contributed by atoms with Crippen molar-refractivity contribution in [3.05, 3.63) is 34.9 Å². The van der Waals surface area contributed by atoms with Gasteiger partial charge in [0.25, 0.3) is 0 Å². The highest BCUT2D eigenvalue weighted by molar-refractivity contribution is 5.73. The fourth-order valence-electron chi connectivity index (χ4n) is 2.54. The molecule has 1 atom stereocenters. The minimum atomic E-state index is -0.688. The number of aliphatic carboxylic acids is 1. The summed E-state index contributed by atoms with van der Waals surface area (Å²) in [5.74, 6) is -0.688. The van der Waals surface area contributed by atoms with Crippen LogP contribution in [0.25, 0.3) is 0 Å². The number of aryl methyl sites for hydroxylation is 2. The molecule has 1 saturated heterocycles. The summed E-state index contributed by atoms with van der Waals surface area (Å²) in [7, 11) is 0. The number of likely N-dealkylation sites (tertiary alicyclic amines) is 1. The molecular weight excluding hydrogens is 214 g/mol. The Balaban J connectivity index is 2.12. The van der Waals surface area contributed by atoms with Crippen molar-refractivity contribution in [1.82, 2.24) is 4.90 Å². The first-order valence-corrected chi connectivity index (χ1v) is 6.11. The summed E-state index contributed by atoms with van der Waals surface area (Å²) < 4.78 is 0. The Hall–Kier alpha value is -1.35. The first-order valence-electron chi connectivity index (χ1n) is 6.11. The zero-order valence-corrected chi connectivity index (χ0v) is 10.4. The van der Waals surface area contributed by atoms with Crippen LogP contribution in [0.3, 0.4) is 0 Å². The molecule has 1 aliphatic heterocycles. The van der Waals surface area contributed by atoms with Gasteiger partial charge in [-0.3, -0.25) is 9.69 Å². The Bertz CT molecular complexity index is 428. The van der Waals surface area contributed by atoms with Gasteiger partial charge < -0.3 is 5.11 Å². The number of hydrogen-bond acceptors (Lipinski definition) is 2. The number of carboxylic acids is 1. The molecule has 0 spiro atoms. The van der Waals surface area contributed by atoms with Crippen molar-refractivity contribution in [3.8, 4) is 0 Å². The maximum absolute atomic E-state index is 11.1. The molecule has 3 heteroatoms. The van der Waals surface area contributed by atoms with E-state index < -0.39 is 5.97 Å². The second kappa shape index (κ2) is 4.88. The molecule has 1 aliphatic rings. The van der Waals surface area contributed by atoms with Crippen LogP contribution >= 0.6 is 0 Å². The molecule has 0 saturated carbocycles. The lowest BCUT2D eigenvalue weighted by molar-refractivity contribution is -0.142. The van der Waals surface area contributed by atoms with Gasteiger partial charge >= 0.3 is 5.97 Å². The summed E-state index contributed by atoms with van der Waals surface area (Å²) in [5.41, 5.74) is 3.74. The van der Waals surface area contributed by atoms with Gasteiger partial charge in [-0.25, -0.2) is 0 Å². The third-order valence-corrected chi connectivity index (χ3v) is 3.52. The van der Waals surface area contributed by atoms with Crippen molar-refractivity contribution in [1.29, 1.82) is 0 Å². The van der Waals surface area contributed by atoms with Crippen molar-refractivity contribution in [2.24, 2.45) is 0 Å². The largest absolute Gasteiger partial charge is 0.480 e. The summed E-state index contributed by atoms with van der Waals surface area (Å²) in [6.07, 6.45) is 1.77. The molecule has 1 fully saturated rings. The van der Waals surface area contributed by atoms with Gasteiger partial charge in [0, 0.05) is 6.54 Å². The number of nitrogens with zero attached hydrogens (tertiary/aromatic N) is 1. The topological polar surface area (TPSA) is 40.5 Å². The van der Waals surface area contributed by atoms with Gasteiger partial charge in [0.05, 0.1) is 0 Å². The molecule has 3 nitrogen and oxygen atoms in total. The highest BCUT2D eigenvalue weighted by Gasteiger charge is 2.30. The molecule has 1 aromatic carbocycles. The molecule has 1 N–H and O–H groups in total. The standard InChI is InChI=1S/C14H19NO2/c1-10-5-6-12(11(2)8-10)9-15-7-3-4-13(15)14(16)17/h5-6,8,13H,3-4,7,9H2,1-2H3,(H,16,17). The first kappa shape index (κ1) is 12.1. The van der Waals surface area contributed by atoms with Crippen LogP contribution in [0.4, 0.5) is 0 Å². The fourth-order valence-corrected chi connectivity index (χ4v) is 2.54. The molecule has 1 heterocycles. The van der Waals surface area contributed by atoms with Gasteiger partial charge in [0.2, 0.25) is 0 Å². The van der Waals surface area contributed by atoms with Crippen LogP contribution in [0, 0.1) is 13.8 Å². The predicted octanol–water partition coefficient (Wildman–Crippen LogP) is 2.35. The Labute approximate surface area is 102 Å². The molecule has 1 aromatic rings. The Morgan fingerprint density at radius 2 is 2.24 bits per heavy atom. The van der Waals surface area contributed by atoms with E-state index in [1.807, 2.05) is 0 Å². The van der Waals surface area contributed by atoms with E-state index >= 15 is 0 Å². The van der Waals surface area contributed by atoms with Crippen LogP contribution in [0.15, 0.2) is 18.2 Å². The fraction of sp³-hybridized carbons (Fsp3) is 0.500. The monoisotopic (exact) mass is 233 g/mol. The maximum Gasteiger partial charge on any atom is 0.320 e. The molecule has 0 amide bonds. The van der Waals surface area contributed by atoms with Crippen LogP contribution in [0.1, 0.15) is 29.5 Å². The van der Waals surface area contributed by atoms with Gasteiger partial charge in [-0.2, -0.15) is 0 Å². The smallest absolute Gasteiger partial charge is 0.320 e. The van der Waals surface area contributed by atoms with Crippen LogP contribution in [0.5, 0.6) is 0 Å². The van der Waals surface area contributed by atoms with Crippen molar-refractivity contribution in [2.75, 3.05) is 6.54 Å². The Morgan fingerprint density at radius 1 is 1.47 bits per heavy atom. The molecule has 92 valence electrons. The molecule has 0 aromatic heterocycles. The van der Waals surface area contributed by atoms with Crippen molar-refractivity contribution in [3.63, 3.8) is 0 Å². The van der Waals surface area contributed by atoms with Crippen molar-refractivity contribution < 1.29 is 9.90 Å². The highest BCUT2D eigenvalue weighted by Crippen LogP contribution is 2.22. The molecule has 0 radical (unpaired) electrons. The average molecular weight is 233 g/mol. The zero-order chi connectivity index (χ0) is 12.4. The SMILES string of the molecule is Cc1ccc(CN2CCCC2C(=O)O)c(C)c1. The second-order valence-electron chi connectivity index (χ2n) is 4.90. The summed E-state index contributed by atoms with van der Waals surface area (Å²) in [4.78, 5) is 13.2. The lowest BCUT2D eigenvalue weighted by Gasteiger charge is -2.22. The molecule has 0 bridgehead atoms. The minimum absolute atomic E-state index is 0.296. The predicted molar refractivity (Wildman–Crippen MR) is 67.0 cm³/mol. The summed E-state index contributed by atoms with van der Waals surface area (Å²) in [6, 6.07) is 6.06. The van der Waals surface area contributed by atoms with E-state index in [0.717, 1.165) is 25.9 Å². The van der Waals surface area contributed by atoms with Crippen molar-refractivity contribution >= 4 is 5.97 Å². The molecular formula is C14H19NO2. The number of carboxylic acid groups (broad SMARTS) is 1. The normalized spacial score (nSPS) is 20.7. The maximum atomic E-state index is 11.1. The summed E-state index contributed by atoms with van der Waals surface area (Å²) >= 11 is 0. The van der Waals surface area contributed by atoms with Gasteiger partial charge in [-0.1, -0.05) is 23.8 Å². The number of carbonyl (C=O) groups is 1. The third kappa shape index (κ3) is 2.67. The van der Waals surface area contributed by atoms with Crippen molar-refractivity contribution in [2.45, 2.75) is 39.3 Å². The lowest BCUT2D eigenvalue weighted by atomic mass is 10.1. The van der Waals surface area contributed by atoms with E-state index in [9.17, 15) is 4.79 Å². The second-order valence-corrected chi connectivity index (χ2v) is 4.90. The summed E-state index contributed by atoms with van der Waals surface area (Å²) in [6.45, 7) is 5.81. The lowest BCUT2D eigenvalue weighted by Crippen LogP contribution is -2.35. The first-order chi connectivity index (χ1) is 8.08.